The number of ether oxygens (including phenoxy) is 3. The first-order valence-corrected chi connectivity index (χ1v) is 28.8. The maximum atomic E-state index is 13.9. The molecule has 0 fully saturated rings. The van der Waals surface area contributed by atoms with Gasteiger partial charge in [-0.25, -0.2) is 58.7 Å². The van der Waals surface area contributed by atoms with Crippen molar-refractivity contribution >= 4 is 122 Å². The van der Waals surface area contributed by atoms with Gasteiger partial charge in [0.2, 0.25) is 0 Å². The Kier molecular flexibility index (Phi) is 36.3. The molecule has 0 atom stereocenters. The van der Waals surface area contributed by atoms with Crippen LogP contribution in [0.15, 0.2) is 182 Å². The minimum absolute atomic E-state index is 0. The second kappa shape index (κ2) is 42.5. The molecule has 11 N–H and O–H groups in total. The number of hydrogen-bond donors (Lipinski definition) is 8. The SMILES string of the molecule is CC(C)OC(=O)Cl.COC(=O)/C=C/c1ccccc1N.COC(=O)/C=C/c1ccccc1NC(=O)c1cnc(-c2ccccc2F)s1.NO.O=C(/C=C/c1ccccc1NC(=O)c1cnc(-c2ccccc2F)s1)NO.O=C(O)c1cnc(-c2ccccc2F)s1.[Na+].[OH-]. The summed E-state index contributed by atoms with van der Waals surface area (Å²) in [6.45, 7) is 3.47. The van der Waals surface area contributed by atoms with E-state index in [2.05, 4.69) is 45.7 Å². The van der Waals surface area contributed by atoms with Gasteiger partial charge in [0.25, 0.3) is 17.7 Å². The van der Waals surface area contributed by atoms with Crippen molar-refractivity contribution < 1.29 is 111 Å². The van der Waals surface area contributed by atoms with Crippen LogP contribution in [-0.4, -0.2) is 97.3 Å². The summed E-state index contributed by atoms with van der Waals surface area (Å²) >= 11 is 7.95. The Morgan fingerprint density at radius 1 is 0.538 bits per heavy atom. The number of rotatable bonds is 15. The van der Waals surface area contributed by atoms with Crippen molar-refractivity contribution in [2.45, 2.75) is 20.0 Å². The van der Waals surface area contributed by atoms with Crippen molar-refractivity contribution in [3.63, 3.8) is 0 Å². The van der Waals surface area contributed by atoms with Gasteiger partial charge >= 0.3 is 52.9 Å². The molecule has 3 aromatic heterocycles. The first-order chi connectivity index (χ1) is 43.7. The van der Waals surface area contributed by atoms with E-state index in [-0.39, 0.29) is 57.9 Å². The number of thiazole rings is 3. The Labute approximate surface area is 569 Å². The summed E-state index contributed by atoms with van der Waals surface area (Å²) in [5.74, 6) is -1.08. The predicted octanol–water partition coefficient (Wildman–Crippen LogP) is 10.1. The van der Waals surface area contributed by atoms with E-state index in [1.807, 2.05) is 18.2 Å². The number of anilines is 3. The number of hydrogen-bond acceptors (Lipinski definition) is 21. The fraction of sp³-hybridized carbons (Fsp3) is 0.0794. The maximum absolute atomic E-state index is 13.9. The molecule has 0 bridgehead atoms. The molecule has 93 heavy (non-hydrogen) atoms. The van der Waals surface area contributed by atoms with E-state index in [9.17, 15) is 46.7 Å². The van der Waals surface area contributed by atoms with Crippen LogP contribution in [0.5, 0.6) is 0 Å². The molecule has 3 heterocycles. The van der Waals surface area contributed by atoms with Gasteiger partial charge in [-0.2, -0.15) is 0 Å². The number of methoxy groups -OCH3 is 2. The Balaban J connectivity index is 0.000000416. The van der Waals surface area contributed by atoms with Crippen LogP contribution in [0, 0.1) is 17.5 Å². The van der Waals surface area contributed by atoms with E-state index in [4.69, 9.17) is 32.9 Å². The van der Waals surface area contributed by atoms with Crippen LogP contribution in [0.3, 0.4) is 0 Å². The third-order valence-corrected chi connectivity index (χ3v) is 14.1. The number of halogens is 4. The number of aromatic nitrogens is 3. The number of nitrogens with one attached hydrogen (secondary N) is 3. The number of carboxylic acid groups (broad SMARTS) is 1. The minimum atomic E-state index is -1.05. The topological polar surface area (TPSA) is 365 Å². The van der Waals surface area contributed by atoms with Gasteiger partial charge in [-0.15, -0.1) is 34.0 Å². The monoisotopic (exact) mass is 1360 g/mol. The van der Waals surface area contributed by atoms with E-state index in [0.717, 1.165) is 45.6 Å². The molecule has 0 saturated heterocycles. The van der Waals surface area contributed by atoms with E-state index in [1.165, 1.54) is 74.7 Å². The van der Waals surface area contributed by atoms with E-state index < -0.39 is 46.6 Å². The van der Waals surface area contributed by atoms with E-state index in [1.54, 1.807) is 135 Å². The van der Waals surface area contributed by atoms with Crippen LogP contribution in [-0.2, 0) is 28.6 Å². The second-order valence-corrected chi connectivity index (χ2v) is 20.9. The van der Waals surface area contributed by atoms with Crippen LogP contribution in [0.4, 0.5) is 35.0 Å². The number of nitrogens with two attached hydrogens (primary N) is 2. The van der Waals surface area contributed by atoms with Crippen LogP contribution in [0.2, 0.25) is 0 Å². The molecule has 0 spiro atoms. The zero-order valence-electron chi connectivity index (χ0n) is 49.7. The van der Waals surface area contributed by atoms with E-state index in [0.29, 0.717) is 69.7 Å². The number of para-hydroxylation sites is 3. The number of hydroxylamine groups is 1. The van der Waals surface area contributed by atoms with Crippen molar-refractivity contribution in [1.82, 2.24) is 20.4 Å². The van der Waals surface area contributed by atoms with Crippen molar-refractivity contribution in [1.29, 1.82) is 0 Å². The molecule has 6 aromatic carbocycles. The Hall–Kier alpha value is -9.56. The minimum Gasteiger partial charge on any atom is -0.870 e. The number of benzene rings is 6. The molecule has 0 radical (unpaired) electrons. The zero-order chi connectivity index (χ0) is 66.8. The van der Waals surface area contributed by atoms with Crippen LogP contribution in [0.1, 0.15) is 59.6 Å². The van der Waals surface area contributed by atoms with Crippen LogP contribution < -0.4 is 57.3 Å². The summed E-state index contributed by atoms with van der Waals surface area (Å²) in [5, 5.41) is 30.5. The molecule has 9 aromatic rings. The Bertz CT molecular complexity index is 3860. The van der Waals surface area contributed by atoms with Gasteiger partial charge in [-0.05, 0) is 103 Å². The average Bonchev–Trinajstić information content (AvgIpc) is 2.41. The Morgan fingerprint density at radius 2 is 0.871 bits per heavy atom. The van der Waals surface area contributed by atoms with Gasteiger partial charge in [-0.1, -0.05) is 91.0 Å². The van der Waals surface area contributed by atoms with Gasteiger partial charge in [-0.3, -0.25) is 19.6 Å². The van der Waals surface area contributed by atoms with Crippen molar-refractivity contribution in [2.24, 2.45) is 5.90 Å². The van der Waals surface area contributed by atoms with Gasteiger partial charge < -0.3 is 46.4 Å². The molecule has 3 amide bonds. The summed E-state index contributed by atoms with van der Waals surface area (Å²) in [4.78, 5) is 91.5. The van der Waals surface area contributed by atoms with Gasteiger partial charge in [0.05, 0.1) is 38.9 Å². The summed E-state index contributed by atoms with van der Waals surface area (Å²) in [7, 11) is 2.62. The van der Waals surface area contributed by atoms with Crippen molar-refractivity contribution in [3.8, 4) is 31.7 Å². The normalized spacial score (nSPS) is 10.1. The maximum Gasteiger partial charge on any atom is 1.00 e. The van der Waals surface area contributed by atoms with Gasteiger partial charge in [0, 0.05) is 63.6 Å². The summed E-state index contributed by atoms with van der Waals surface area (Å²) in [6.07, 6.45) is 12.3. The molecular weight excluding hydrogens is 1300 g/mol. The molecule has 0 saturated carbocycles. The molecule has 22 nitrogen and oxygen atoms in total. The number of amides is 3. The van der Waals surface area contributed by atoms with E-state index >= 15 is 0 Å². The number of carbonyl (C=O) groups is 7. The second-order valence-electron chi connectivity index (χ2n) is 17.5. The number of nitrogen functional groups attached to an aromatic ring is 1. The fourth-order valence-corrected chi connectivity index (χ4v) is 9.43. The quantitative estimate of drug-likeness (QED) is 0.00691. The standard InChI is InChI=1S/C20H15FN2O3S.C19H14FN3O3S.C10H6FNO2S.C10H11NO2.C4H7ClO2.H3NO.Na.H2O/c1-26-18(24)11-10-13-6-2-5-9-16(13)23-19(25)17-12-22-20(27-17)14-7-3-4-8-15(14)21;20-14-7-3-2-6-13(14)19-21-11-16(27-19)18(25)22-15-8-4-1-5-12(15)9-10-17(24)23-26;11-7-4-2-1-3-6(7)9-12-5-8(15-9)10(13)14;1-13-10(12)7-6-8-4-2-3-5-9(8)11;1-3(2)7-4(5)6;1-2;;/h2-12H,1H3,(H,23,25);1-11,26H,(H,22,25)(H,23,24);1-5H,(H,13,14);2-7H,11H2,1H3;3H,1-2H3;2H,1H2;;1H2/q;;;;;;+1;/p-1/b11-10+;10-9+;;7-6+;;;;. The summed E-state index contributed by atoms with van der Waals surface area (Å²) < 4.78 is 54.5. The van der Waals surface area contributed by atoms with Gasteiger partial charge in [0.1, 0.15) is 47.1 Å². The van der Waals surface area contributed by atoms with Crippen molar-refractivity contribution in [2.75, 3.05) is 30.6 Å². The van der Waals surface area contributed by atoms with Crippen LogP contribution in [0.25, 0.3) is 49.9 Å². The molecule has 0 aliphatic carbocycles. The fourth-order valence-electron chi connectivity index (χ4n) is 6.79. The molecule has 9 rings (SSSR count). The third-order valence-electron chi connectivity index (χ3n) is 11.0. The zero-order valence-corrected chi connectivity index (χ0v) is 54.9. The molecular formula is C63H57ClF3N8NaO14S3. The summed E-state index contributed by atoms with van der Waals surface area (Å²) in [5.41, 5.74) is 11.1. The average molecular weight is 1360 g/mol. The third kappa shape index (κ3) is 27.0. The Morgan fingerprint density at radius 3 is 1.20 bits per heavy atom. The molecule has 0 unspecified atom stereocenters. The number of esters is 2. The largest absolute Gasteiger partial charge is 1.00 e. The first kappa shape index (κ1) is 79.5. The number of carboxylic acids is 1. The predicted molar refractivity (Wildman–Crippen MR) is 346 cm³/mol. The smallest absolute Gasteiger partial charge is 0.870 e. The first-order valence-electron chi connectivity index (χ1n) is 26.0. The molecule has 480 valence electrons. The summed E-state index contributed by atoms with van der Waals surface area (Å²) in [6, 6.07) is 39.8. The van der Waals surface area contributed by atoms with Crippen molar-refractivity contribution in [3.05, 3.63) is 231 Å². The molecule has 0 aliphatic heterocycles. The van der Waals surface area contributed by atoms with Crippen LogP contribution >= 0.6 is 45.6 Å². The molecule has 0 aliphatic rings. The number of nitrogens with zero attached hydrogens (tertiary/aromatic N) is 3. The van der Waals surface area contributed by atoms with Gasteiger partial charge in [0.15, 0.2) is 0 Å². The number of aromatic carboxylic acids is 1. The molecule has 30 heteroatoms. The number of carbonyl (C=O) groups excluding carboxylic acids is 6.